The summed E-state index contributed by atoms with van der Waals surface area (Å²) in [6.07, 6.45) is -0.368. The number of amides is 3. The van der Waals surface area contributed by atoms with E-state index in [2.05, 4.69) is 5.32 Å². The van der Waals surface area contributed by atoms with Gasteiger partial charge in [0.05, 0.1) is 5.69 Å². The molecule has 6 nitrogen and oxygen atoms in total. The predicted molar refractivity (Wildman–Crippen MR) is 69.6 cm³/mol. The summed E-state index contributed by atoms with van der Waals surface area (Å²) in [4.78, 5) is 33.3. The number of nitrogens with one attached hydrogen (secondary N) is 2. The Labute approximate surface area is 119 Å². The molecule has 1 unspecified atom stereocenters. The fourth-order valence-corrected chi connectivity index (χ4v) is 1.61. The van der Waals surface area contributed by atoms with Gasteiger partial charge in [-0.3, -0.25) is 14.9 Å². The quantitative estimate of drug-likeness (QED) is 0.776. The van der Waals surface area contributed by atoms with Crippen LogP contribution in [-0.2, 0) is 9.59 Å². The van der Waals surface area contributed by atoms with E-state index in [0.717, 1.165) is 12.1 Å². The van der Waals surface area contributed by atoms with E-state index < -0.39 is 35.5 Å². The number of imide groups is 1. The van der Waals surface area contributed by atoms with Gasteiger partial charge in [-0.2, -0.15) is 0 Å². The van der Waals surface area contributed by atoms with Gasteiger partial charge in [0.1, 0.15) is 11.6 Å². The smallest absolute Gasteiger partial charge is 0.325 e. The van der Waals surface area contributed by atoms with Crippen LogP contribution in [0.5, 0.6) is 0 Å². The topological polar surface area (TPSA) is 95.5 Å². The molecule has 0 spiro atoms. The summed E-state index contributed by atoms with van der Waals surface area (Å²) in [5.74, 6) is -3.95. The number of carboxylic acids is 1. The third-order valence-electron chi connectivity index (χ3n) is 2.49. The molecule has 21 heavy (non-hydrogen) atoms. The van der Waals surface area contributed by atoms with Gasteiger partial charge in [0, 0.05) is 18.9 Å². The largest absolute Gasteiger partial charge is 0.481 e. The molecule has 114 valence electrons. The highest BCUT2D eigenvalue weighted by Gasteiger charge is 2.15. The average molecular weight is 300 g/mol. The van der Waals surface area contributed by atoms with Gasteiger partial charge in [0.25, 0.3) is 0 Å². The molecular formula is C13H14F2N2O4. The van der Waals surface area contributed by atoms with Gasteiger partial charge in [-0.05, 0) is 18.1 Å². The maximum absolute atomic E-state index is 13.3. The molecule has 1 rings (SSSR count). The molecule has 0 fully saturated rings. The van der Waals surface area contributed by atoms with Crippen LogP contribution in [0.1, 0.15) is 19.8 Å². The molecule has 0 saturated heterocycles. The Morgan fingerprint density at radius 1 is 1.24 bits per heavy atom. The van der Waals surface area contributed by atoms with Crippen molar-refractivity contribution in [1.82, 2.24) is 5.32 Å². The maximum Gasteiger partial charge on any atom is 0.325 e. The molecule has 0 aliphatic carbocycles. The lowest BCUT2D eigenvalue weighted by Crippen LogP contribution is -2.35. The van der Waals surface area contributed by atoms with Gasteiger partial charge < -0.3 is 10.4 Å². The van der Waals surface area contributed by atoms with E-state index >= 15 is 0 Å². The Morgan fingerprint density at radius 3 is 2.48 bits per heavy atom. The zero-order valence-electron chi connectivity index (χ0n) is 11.2. The van der Waals surface area contributed by atoms with Gasteiger partial charge in [0.15, 0.2) is 0 Å². The summed E-state index contributed by atoms with van der Waals surface area (Å²) in [5.41, 5.74) is -0.278. The molecule has 0 radical (unpaired) electrons. The molecule has 0 aliphatic heterocycles. The van der Waals surface area contributed by atoms with Crippen LogP contribution in [0.4, 0.5) is 19.3 Å². The van der Waals surface area contributed by atoms with Crippen molar-refractivity contribution < 1.29 is 28.3 Å². The van der Waals surface area contributed by atoms with Crippen molar-refractivity contribution in [3.05, 3.63) is 29.8 Å². The molecule has 1 atom stereocenters. The molecule has 0 aliphatic rings. The molecule has 0 heterocycles. The van der Waals surface area contributed by atoms with E-state index in [1.807, 2.05) is 5.32 Å². The van der Waals surface area contributed by atoms with E-state index in [-0.39, 0.29) is 18.5 Å². The minimum atomic E-state index is -1.05. The highest BCUT2D eigenvalue weighted by Crippen LogP contribution is 2.14. The second kappa shape index (κ2) is 7.32. The zero-order valence-corrected chi connectivity index (χ0v) is 11.2. The summed E-state index contributed by atoms with van der Waals surface area (Å²) in [6.45, 7) is 1.55. The fourth-order valence-electron chi connectivity index (χ4n) is 1.61. The second-order valence-corrected chi connectivity index (χ2v) is 4.53. The minimum absolute atomic E-state index is 0.161. The number of benzene rings is 1. The van der Waals surface area contributed by atoms with E-state index in [4.69, 9.17) is 5.11 Å². The third kappa shape index (κ3) is 5.98. The van der Waals surface area contributed by atoms with E-state index in [9.17, 15) is 23.2 Å². The highest BCUT2D eigenvalue weighted by atomic mass is 19.1. The maximum atomic E-state index is 13.3. The molecular weight excluding hydrogens is 286 g/mol. The summed E-state index contributed by atoms with van der Waals surface area (Å²) in [7, 11) is 0. The predicted octanol–water partition coefficient (Wildman–Crippen LogP) is 2.11. The van der Waals surface area contributed by atoms with Crippen molar-refractivity contribution in [3.8, 4) is 0 Å². The number of carbonyl (C=O) groups is 3. The first-order valence-corrected chi connectivity index (χ1v) is 6.05. The van der Waals surface area contributed by atoms with Gasteiger partial charge in [0.2, 0.25) is 5.91 Å². The second-order valence-electron chi connectivity index (χ2n) is 4.53. The molecule has 0 aromatic heterocycles. The zero-order chi connectivity index (χ0) is 16.0. The first-order chi connectivity index (χ1) is 9.77. The molecule has 1 aromatic rings. The van der Waals surface area contributed by atoms with Crippen LogP contribution in [0.3, 0.4) is 0 Å². The van der Waals surface area contributed by atoms with Crippen molar-refractivity contribution in [2.45, 2.75) is 19.8 Å². The number of carboxylic acid groups (broad SMARTS) is 1. The summed E-state index contributed by atoms with van der Waals surface area (Å²) >= 11 is 0. The standard InChI is InChI=1S/C13H14F2N2O4/c1-7(5-12(19)20)4-11(18)17-13(21)16-10-3-2-8(14)6-9(10)15/h2-3,6-7H,4-5H2,1H3,(H,19,20)(H2,16,17,18,21). The van der Waals surface area contributed by atoms with Crippen LogP contribution in [-0.4, -0.2) is 23.0 Å². The van der Waals surface area contributed by atoms with Crippen molar-refractivity contribution in [1.29, 1.82) is 0 Å². The van der Waals surface area contributed by atoms with Crippen LogP contribution < -0.4 is 10.6 Å². The van der Waals surface area contributed by atoms with Gasteiger partial charge in [-0.15, -0.1) is 0 Å². The van der Waals surface area contributed by atoms with Gasteiger partial charge in [-0.25, -0.2) is 13.6 Å². The van der Waals surface area contributed by atoms with E-state index in [1.165, 1.54) is 0 Å². The number of hydrogen-bond acceptors (Lipinski definition) is 3. The van der Waals surface area contributed by atoms with Gasteiger partial charge >= 0.3 is 12.0 Å². The number of urea groups is 1. The summed E-state index contributed by atoms with van der Waals surface area (Å²) < 4.78 is 25.9. The monoisotopic (exact) mass is 300 g/mol. The molecule has 3 amide bonds. The Kier molecular flexibility index (Phi) is 5.77. The first-order valence-electron chi connectivity index (χ1n) is 6.05. The first kappa shape index (κ1) is 16.5. The number of anilines is 1. The van der Waals surface area contributed by atoms with E-state index in [1.54, 1.807) is 6.92 Å². The van der Waals surface area contributed by atoms with Crippen molar-refractivity contribution >= 4 is 23.6 Å². The van der Waals surface area contributed by atoms with Crippen LogP contribution in [0.15, 0.2) is 18.2 Å². The number of rotatable bonds is 5. The molecule has 0 bridgehead atoms. The SMILES string of the molecule is CC(CC(=O)O)CC(=O)NC(=O)Nc1ccc(F)cc1F. The third-order valence-corrected chi connectivity index (χ3v) is 2.49. The number of aliphatic carboxylic acids is 1. The fraction of sp³-hybridized carbons (Fsp3) is 0.308. The lowest BCUT2D eigenvalue weighted by molar-refractivity contribution is -0.138. The van der Waals surface area contributed by atoms with Crippen LogP contribution in [0, 0.1) is 17.6 Å². The van der Waals surface area contributed by atoms with Crippen LogP contribution in [0.25, 0.3) is 0 Å². The van der Waals surface area contributed by atoms with Crippen LogP contribution in [0.2, 0.25) is 0 Å². The normalized spacial score (nSPS) is 11.6. The molecule has 0 saturated carbocycles. The van der Waals surface area contributed by atoms with Crippen molar-refractivity contribution in [3.63, 3.8) is 0 Å². The van der Waals surface area contributed by atoms with Crippen LogP contribution >= 0.6 is 0 Å². The molecule has 1 aromatic carbocycles. The minimum Gasteiger partial charge on any atom is -0.481 e. The van der Waals surface area contributed by atoms with Crippen molar-refractivity contribution in [2.24, 2.45) is 5.92 Å². The average Bonchev–Trinajstić information content (AvgIpc) is 2.31. The number of carbonyl (C=O) groups excluding carboxylic acids is 2. The van der Waals surface area contributed by atoms with Crippen molar-refractivity contribution in [2.75, 3.05) is 5.32 Å². The lowest BCUT2D eigenvalue weighted by atomic mass is 10.0. The lowest BCUT2D eigenvalue weighted by Gasteiger charge is -2.10. The number of halogens is 2. The number of hydrogen-bond donors (Lipinski definition) is 3. The molecule has 3 N–H and O–H groups in total. The molecule has 8 heteroatoms. The van der Waals surface area contributed by atoms with E-state index in [0.29, 0.717) is 6.07 Å². The Hall–Kier alpha value is -2.51. The summed E-state index contributed by atoms with van der Waals surface area (Å²) in [5, 5.41) is 12.5. The Morgan fingerprint density at radius 2 is 1.90 bits per heavy atom. The summed E-state index contributed by atoms with van der Waals surface area (Å²) in [6, 6.07) is 1.58. The van der Waals surface area contributed by atoms with Gasteiger partial charge in [-0.1, -0.05) is 6.92 Å². The Bertz CT molecular complexity index is 563. The Balaban J connectivity index is 2.49. The highest BCUT2D eigenvalue weighted by molar-refractivity contribution is 6.01.